The van der Waals surface area contributed by atoms with Crippen LogP contribution in [0.15, 0.2) is 60.7 Å². The van der Waals surface area contributed by atoms with Gasteiger partial charge in [0.05, 0.1) is 80.4 Å². The van der Waals surface area contributed by atoms with Crippen LogP contribution >= 0.6 is 0 Å². The van der Waals surface area contributed by atoms with Gasteiger partial charge in [-0.2, -0.15) is 0 Å². The maximum absolute atomic E-state index is 12.6. The number of carbonyl (C=O) groups is 2. The monoisotopic (exact) mass is 760 g/mol. The summed E-state index contributed by atoms with van der Waals surface area (Å²) < 4.78 is 34.7. The highest BCUT2D eigenvalue weighted by Gasteiger charge is 2.39. The van der Waals surface area contributed by atoms with Gasteiger partial charge < -0.3 is 47.6 Å². The van der Waals surface area contributed by atoms with E-state index < -0.39 is 11.9 Å². The summed E-state index contributed by atoms with van der Waals surface area (Å²) in [6.45, 7) is 6.04. The third-order valence-electron chi connectivity index (χ3n) is 11.6. The van der Waals surface area contributed by atoms with E-state index in [1.165, 1.54) is 24.0 Å². The standard InChI is InChI=1S/C43H56N2O10/c1-44(19-14-33-25-34(28-46)35(29-47)26-36(33)37(44)22-31-8-10-38(50-2)40(23-31)51-3)15-6-20-52-42(48)12-13-43(49)53-21-7-18-45(16-4-5-17-45)27-32-9-11-39-41(24-32)55-30-54-39/h8-13,23-26,37,46-47H,4-7,14-22,27-30H2,1-3H3/q+2/b13-12-/t37-,44-/m1/s1. The lowest BCUT2D eigenvalue weighted by Gasteiger charge is -2.46. The van der Waals surface area contributed by atoms with Crippen molar-refractivity contribution in [3.8, 4) is 23.0 Å². The van der Waals surface area contributed by atoms with Crippen LogP contribution < -0.4 is 18.9 Å². The van der Waals surface area contributed by atoms with Crippen molar-refractivity contribution in [2.24, 2.45) is 0 Å². The van der Waals surface area contributed by atoms with Crippen LogP contribution in [0.1, 0.15) is 65.1 Å². The highest BCUT2D eigenvalue weighted by molar-refractivity contribution is 5.91. The van der Waals surface area contributed by atoms with E-state index in [9.17, 15) is 19.8 Å². The van der Waals surface area contributed by atoms with Crippen LogP contribution in [0.5, 0.6) is 23.0 Å². The second kappa shape index (κ2) is 18.3. The van der Waals surface area contributed by atoms with Crippen molar-refractivity contribution in [2.45, 2.75) is 64.3 Å². The minimum absolute atomic E-state index is 0.0382. The maximum atomic E-state index is 12.6. The van der Waals surface area contributed by atoms with Crippen LogP contribution in [-0.2, 0) is 51.7 Å². The molecule has 0 spiro atoms. The lowest BCUT2D eigenvalue weighted by Crippen LogP contribution is -2.52. The molecule has 1 saturated heterocycles. The Balaban J connectivity index is 0.988. The third kappa shape index (κ3) is 9.80. The Morgan fingerprint density at radius 1 is 0.782 bits per heavy atom. The Morgan fingerprint density at radius 3 is 2.13 bits per heavy atom. The third-order valence-corrected chi connectivity index (χ3v) is 11.6. The normalized spacial score (nSPS) is 19.6. The molecular weight excluding hydrogens is 704 g/mol. The topological polar surface area (TPSA) is 130 Å². The molecule has 3 aromatic carbocycles. The van der Waals surface area contributed by atoms with Gasteiger partial charge in [-0.15, -0.1) is 0 Å². The molecule has 0 aliphatic carbocycles. The summed E-state index contributed by atoms with van der Waals surface area (Å²) in [5, 5.41) is 20.1. The van der Waals surface area contributed by atoms with Crippen molar-refractivity contribution in [1.29, 1.82) is 0 Å². The zero-order valence-electron chi connectivity index (χ0n) is 32.4. The molecule has 2 atom stereocenters. The highest BCUT2D eigenvalue weighted by Crippen LogP contribution is 2.40. The number of hydrogen-bond acceptors (Lipinski definition) is 10. The first kappa shape index (κ1) is 40.1. The molecule has 3 heterocycles. The van der Waals surface area contributed by atoms with Crippen molar-refractivity contribution in [2.75, 3.05) is 74.0 Å². The number of rotatable bonds is 18. The molecule has 2 N–H and O–H groups in total. The zero-order valence-corrected chi connectivity index (χ0v) is 32.4. The second-order valence-electron chi connectivity index (χ2n) is 15.2. The fraction of sp³-hybridized carbons (Fsp3) is 0.488. The van der Waals surface area contributed by atoms with Crippen LogP contribution in [0, 0.1) is 0 Å². The van der Waals surface area contributed by atoms with Crippen LogP contribution in [0.4, 0.5) is 0 Å². The number of fused-ring (bicyclic) bond motifs is 2. The molecule has 0 aromatic heterocycles. The Morgan fingerprint density at radius 2 is 1.44 bits per heavy atom. The van der Waals surface area contributed by atoms with Crippen molar-refractivity contribution >= 4 is 11.9 Å². The summed E-state index contributed by atoms with van der Waals surface area (Å²) in [6, 6.07) is 16.2. The molecular formula is C43H56N2O10+2. The minimum Gasteiger partial charge on any atom is -0.493 e. The van der Waals surface area contributed by atoms with E-state index in [2.05, 4.69) is 19.2 Å². The Hall–Kier alpha value is -4.62. The quantitative estimate of drug-likeness (QED) is 0.0797. The molecule has 12 heteroatoms. The predicted octanol–water partition coefficient (Wildman–Crippen LogP) is 4.94. The first-order chi connectivity index (χ1) is 26.7. The number of aliphatic hydroxyl groups excluding tert-OH is 2. The molecule has 55 heavy (non-hydrogen) atoms. The van der Waals surface area contributed by atoms with Gasteiger partial charge in [0.2, 0.25) is 6.79 Å². The Labute approximate surface area is 323 Å². The van der Waals surface area contributed by atoms with Crippen molar-refractivity contribution < 1.29 is 57.2 Å². The summed E-state index contributed by atoms with van der Waals surface area (Å²) in [7, 11) is 5.46. The lowest BCUT2D eigenvalue weighted by molar-refractivity contribution is -0.941. The Bertz CT molecular complexity index is 1840. The smallest absolute Gasteiger partial charge is 0.331 e. The zero-order chi connectivity index (χ0) is 38.8. The maximum Gasteiger partial charge on any atom is 0.331 e. The van der Waals surface area contributed by atoms with Gasteiger partial charge in [0.15, 0.2) is 23.0 Å². The molecule has 1 fully saturated rings. The minimum atomic E-state index is -0.583. The van der Waals surface area contributed by atoms with Crippen LogP contribution in [-0.4, -0.2) is 105 Å². The van der Waals surface area contributed by atoms with Gasteiger partial charge in [-0.1, -0.05) is 12.1 Å². The molecule has 0 unspecified atom stereocenters. The highest BCUT2D eigenvalue weighted by atomic mass is 16.7. The molecule has 3 aromatic rings. The molecule has 3 aliphatic heterocycles. The van der Waals surface area contributed by atoms with Crippen LogP contribution in [0.3, 0.4) is 0 Å². The molecule has 0 bridgehead atoms. The lowest BCUT2D eigenvalue weighted by atomic mass is 9.84. The number of likely N-dealkylation sites (tertiary alicyclic amines) is 1. The number of likely N-dealkylation sites (N-methyl/N-ethyl adjacent to an activating group) is 1. The Kier molecular flexibility index (Phi) is 13.4. The predicted molar refractivity (Wildman–Crippen MR) is 205 cm³/mol. The summed E-state index contributed by atoms with van der Waals surface area (Å²) in [4.78, 5) is 25.0. The second-order valence-corrected chi connectivity index (χ2v) is 15.2. The number of quaternary nitrogens is 2. The molecule has 3 aliphatic rings. The van der Waals surface area contributed by atoms with Crippen LogP contribution in [0.2, 0.25) is 0 Å². The van der Waals surface area contributed by atoms with Crippen LogP contribution in [0.25, 0.3) is 0 Å². The summed E-state index contributed by atoms with van der Waals surface area (Å²) in [5.41, 5.74) is 6.08. The van der Waals surface area contributed by atoms with E-state index in [0.717, 1.165) is 102 Å². The number of ether oxygens (including phenoxy) is 6. The van der Waals surface area contributed by atoms with Gasteiger partial charge >= 0.3 is 11.9 Å². The SMILES string of the molecule is COc1ccc(C[C@@H]2c3cc(CO)c(CO)cc3CC[N@@+]2(C)CCCOC(=O)/C=C\C(=O)OCCC[N+]2(Cc3ccc4c(c3)OCO4)CCCC2)cc1OC. The number of methoxy groups -OCH3 is 2. The molecule has 6 rings (SSSR count). The number of esters is 2. The average molecular weight is 761 g/mol. The van der Waals surface area contributed by atoms with E-state index in [1.807, 2.05) is 36.4 Å². The number of aliphatic hydroxyl groups is 2. The number of nitrogens with zero attached hydrogens (tertiary/aromatic N) is 2. The first-order valence-corrected chi connectivity index (χ1v) is 19.3. The largest absolute Gasteiger partial charge is 0.493 e. The first-order valence-electron chi connectivity index (χ1n) is 19.3. The van der Waals surface area contributed by atoms with E-state index in [1.54, 1.807) is 14.2 Å². The van der Waals surface area contributed by atoms with E-state index in [4.69, 9.17) is 28.4 Å². The number of carbonyl (C=O) groups excluding carboxylic acids is 2. The molecule has 296 valence electrons. The summed E-state index contributed by atoms with van der Waals surface area (Å²) >= 11 is 0. The van der Waals surface area contributed by atoms with Crippen molar-refractivity contribution in [3.63, 3.8) is 0 Å². The fourth-order valence-electron chi connectivity index (χ4n) is 8.57. The van der Waals surface area contributed by atoms with E-state index in [-0.39, 0.29) is 39.3 Å². The van der Waals surface area contributed by atoms with E-state index >= 15 is 0 Å². The fourth-order valence-corrected chi connectivity index (χ4v) is 8.57. The summed E-state index contributed by atoms with van der Waals surface area (Å²) in [6.07, 6.45) is 7.51. The van der Waals surface area contributed by atoms with Gasteiger partial charge in [-0.3, -0.25) is 0 Å². The van der Waals surface area contributed by atoms with Crippen molar-refractivity contribution in [3.05, 3.63) is 94.1 Å². The van der Waals surface area contributed by atoms with Gasteiger partial charge in [-0.25, -0.2) is 9.59 Å². The van der Waals surface area contributed by atoms with Crippen molar-refractivity contribution in [1.82, 2.24) is 0 Å². The van der Waals surface area contributed by atoms with Gasteiger partial charge in [0.1, 0.15) is 12.6 Å². The molecule has 0 saturated carbocycles. The molecule has 12 nitrogen and oxygen atoms in total. The number of hydrogen-bond donors (Lipinski definition) is 2. The molecule has 0 amide bonds. The van der Waals surface area contributed by atoms with Gasteiger partial charge in [0.25, 0.3) is 0 Å². The summed E-state index contributed by atoms with van der Waals surface area (Å²) in [5.74, 6) is 1.76. The van der Waals surface area contributed by atoms with Gasteiger partial charge in [-0.05, 0) is 58.7 Å². The molecule has 0 radical (unpaired) electrons. The van der Waals surface area contributed by atoms with E-state index in [0.29, 0.717) is 28.8 Å². The number of benzene rings is 3. The average Bonchev–Trinajstić information content (AvgIpc) is 3.87. The van der Waals surface area contributed by atoms with Gasteiger partial charge in [0, 0.05) is 61.8 Å².